The topological polar surface area (TPSA) is 47.5 Å². The van der Waals surface area contributed by atoms with Crippen molar-refractivity contribution in [1.29, 1.82) is 0 Å². The lowest BCUT2D eigenvalue weighted by atomic mass is 9.95. The zero-order valence-electron chi connectivity index (χ0n) is 13.0. The molecule has 0 amide bonds. The molecule has 2 aliphatic heterocycles. The van der Waals surface area contributed by atoms with Crippen molar-refractivity contribution < 1.29 is 22.6 Å². The van der Waals surface area contributed by atoms with Gasteiger partial charge in [-0.2, -0.15) is 13.2 Å². The van der Waals surface area contributed by atoms with E-state index >= 15 is 0 Å². The van der Waals surface area contributed by atoms with E-state index in [1.54, 1.807) is 7.11 Å². The number of methoxy groups -OCH3 is 1. The molecule has 1 aromatic rings. The highest BCUT2D eigenvalue weighted by molar-refractivity contribution is 5.16. The van der Waals surface area contributed by atoms with Crippen LogP contribution in [0.5, 0.6) is 5.88 Å². The van der Waals surface area contributed by atoms with Gasteiger partial charge in [-0.1, -0.05) is 0 Å². The number of rotatable bonds is 5. The van der Waals surface area contributed by atoms with E-state index in [1.165, 1.54) is 0 Å². The van der Waals surface area contributed by atoms with Crippen LogP contribution < -0.4 is 4.74 Å². The number of aromatic nitrogens is 2. The highest BCUT2D eigenvalue weighted by atomic mass is 19.4. The van der Waals surface area contributed by atoms with E-state index in [0.717, 1.165) is 44.6 Å². The Morgan fingerprint density at radius 3 is 2.91 bits per heavy atom. The van der Waals surface area contributed by atoms with Crippen molar-refractivity contribution in [3.63, 3.8) is 0 Å². The van der Waals surface area contributed by atoms with Crippen LogP contribution in [-0.2, 0) is 10.9 Å². The summed E-state index contributed by atoms with van der Waals surface area (Å²) in [5.74, 6) is -0.0317. The summed E-state index contributed by atoms with van der Waals surface area (Å²) in [6.07, 6.45) is 0.608. The molecule has 2 fully saturated rings. The van der Waals surface area contributed by atoms with Crippen LogP contribution in [0.1, 0.15) is 31.4 Å². The lowest BCUT2D eigenvalue weighted by Crippen LogP contribution is -2.47. The third-order valence-electron chi connectivity index (χ3n) is 4.80. The van der Waals surface area contributed by atoms with Crippen molar-refractivity contribution in [3.8, 4) is 5.88 Å². The standard InChI is InChI=1S/C15H20F3N3O2/c1-22-9-14-4-2-6-21(14)11(3-5-14)8-23-13-7-12(15(16,17)18)19-10-20-13/h7,10-11H,2-6,8-9H2,1H3. The van der Waals surface area contributed by atoms with Gasteiger partial charge < -0.3 is 9.47 Å². The fraction of sp³-hybridized carbons (Fsp3) is 0.733. The Morgan fingerprint density at radius 2 is 2.17 bits per heavy atom. The van der Waals surface area contributed by atoms with Crippen molar-refractivity contribution in [3.05, 3.63) is 18.1 Å². The Hall–Kier alpha value is -1.41. The summed E-state index contributed by atoms with van der Waals surface area (Å²) < 4.78 is 48.8. The van der Waals surface area contributed by atoms with Gasteiger partial charge in [-0.15, -0.1) is 0 Å². The summed E-state index contributed by atoms with van der Waals surface area (Å²) in [7, 11) is 1.70. The van der Waals surface area contributed by atoms with Crippen molar-refractivity contribution in [2.45, 2.75) is 43.4 Å². The predicted molar refractivity (Wildman–Crippen MR) is 76.1 cm³/mol. The molecule has 5 nitrogen and oxygen atoms in total. The number of hydrogen-bond donors (Lipinski definition) is 0. The molecule has 23 heavy (non-hydrogen) atoms. The van der Waals surface area contributed by atoms with E-state index in [-0.39, 0.29) is 17.5 Å². The molecule has 0 radical (unpaired) electrons. The van der Waals surface area contributed by atoms with E-state index in [9.17, 15) is 13.2 Å². The van der Waals surface area contributed by atoms with E-state index in [1.807, 2.05) is 0 Å². The first-order valence-corrected chi connectivity index (χ1v) is 7.72. The fourth-order valence-electron chi connectivity index (χ4n) is 3.81. The first kappa shape index (κ1) is 16.4. The van der Waals surface area contributed by atoms with Gasteiger partial charge >= 0.3 is 6.18 Å². The molecular formula is C15H20F3N3O2. The average Bonchev–Trinajstić information content (AvgIpc) is 3.04. The van der Waals surface area contributed by atoms with E-state index in [0.29, 0.717) is 13.2 Å². The van der Waals surface area contributed by atoms with Gasteiger partial charge in [-0.05, 0) is 32.2 Å². The SMILES string of the molecule is COCC12CCCN1C(COc1cc(C(F)(F)F)ncn1)CC2. The molecular weight excluding hydrogens is 311 g/mol. The Morgan fingerprint density at radius 1 is 1.35 bits per heavy atom. The Balaban J connectivity index is 1.63. The van der Waals surface area contributed by atoms with E-state index in [4.69, 9.17) is 9.47 Å². The van der Waals surface area contributed by atoms with Crippen LogP contribution in [0.4, 0.5) is 13.2 Å². The molecule has 128 valence electrons. The first-order chi connectivity index (χ1) is 10.9. The number of fused-ring (bicyclic) bond motifs is 1. The number of nitrogens with zero attached hydrogens (tertiary/aromatic N) is 3. The average molecular weight is 331 g/mol. The van der Waals surface area contributed by atoms with Gasteiger partial charge in [0.05, 0.1) is 6.61 Å². The molecule has 3 rings (SSSR count). The zero-order valence-corrected chi connectivity index (χ0v) is 13.0. The maximum absolute atomic E-state index is 12.7. The van der Waals surface area contributed by atoms with Gasteiger partial charge in [0.15, 0.2) is 5.69 Å². The molecule has 2 aliphatic rings. The number of hydrogen-bond acceptors (Lipinski definition) is 5. The largest absolute Gasteiger partial charge is 0.476 e. The van der Waals surface area contributed by atoms with Gasteiger partial charge in [-0.3, -0.25) is 4.90 Å². The quantitative estimate of drug-likeness (QED) is 0.830. The van der Waals surface area contributed by atoms with Crippen LogP contribution >= 0.6 is 0 Å². The summed E-state index contributed by atoms with van der Waals surface area (Å²) in [5, 5.41) is 0. The minimum Gasteiger partial charge on any atom is -0.476 e. The van der Waals surface area contributed by atoms with Gasteiger partial charge in [0.25, 0.3) is 0 Å². The summed E-state index contributed by atoms with van der Waals surface area (Å²) >= 11 is 0. The molecule has 0 spiro atoms. The second kappa shape index (κ2) is 6.24. The van der Waals surface area contributed by atoms with Crippen LogP contribution in [-0.4, -0.2) is 53.3 Å². The van der Waals surface area contributed by atoms with Gasteiger partial charge in [0.2, 0.25) is 5.88 Å². The Kier molecular flexibility index (Phi) is 4.46. The second-order valence-electron chi connectivity index (χ2n) is 6.20. The van der Waals surface area contributed by atoms with E-state index in [2.05, 4.69) is 14.9 Å². The minimum atomic E-state index is -4.49. The fourth-order valence-corrected chi connectivity index (χ4v) is 3.81. The Labute approximate surface area is 132 Å². The predicted octanol–water partition coefficient (Wildman–Crippen LogP) is 2.52. The second-order valence-corrected chi connectivity index (χ2v) is 6.20. The normalized spacial score (nSPS) is 28.1. The maximum Gasteiger partial charge on any atom is 0.433 e. The molecule has 0 N–H and O–H groups in total. The molecule has 3 heterocycles. The van der Waals surface area contributed by atoms with Crippen molar-refractivity contribution in [2.24, 2.45) is 0 Å². The molecule has 2 unspecified atom stereocenters. The highest BCUT2D eigenvalue weighted by Gasteiger charge is 2.49. The maximum atomic E-state index is 12.7. The van der Waals surface area contributed by atoms with Crippen LogP contribution in [0.15, 0.2) is 12.4 Å². The zero-order chi connectivity index (χ0) is 16.5. The Bertz CT molecular complexity index is 555. The van der Waals surface area contributed by atoms with Gasteiger partial charge in [-0.25, -0.2) is 9.97 Å². The molecule has 2 saturated heterocycles. The highest BCUT2D eigenvalue weighted by Crippen LogP contribution is 2.42. The van der Waals surface area contributed by atoms with Crippen LogP contribution in [0, 0.1) is 0 Å². The molecule has 1 aromatic heterocycles. The number of alkyl halides is 3. The lowest BCUT2D eigenvalue weighted by Gasteiger charge is -2.34. The van der Waals surface area contributed by atoms with Crippen molar-refractivity contribution >= 4 is 0 Å². The molecule has 0 aromatic carbocycles. The lowest BCUT2D eigenvalue weighted by molar-refractivity contribution is -0.141. The monoisotopic (exact) mass is 331 g/mol. The summed E-state index contributed by atoms with van der Waals surface area (Å²) in [4.78, 5) is 9.40. The first-order valence-electron chi connectivity index (χ1n) is 7.72. The number of halogens is 3. The minimum absolute atomic E-state index is 0.0317. The van der Waals surface area contributed by atoms with Crippen LogP contribution in [0.25, 0.3) is 0 Å². The van der Waals surface area contributed by atoms with Crippen LogP contribution in [0.3, 0.4) is 0 Å². The number of ether oxygens (including phenoxy) is 2. The molecule has 0 saturated carbocycles. The van der Waals surface area contributed by atoms with E-state index < -0.39 is 11.9 Å². The molecule has 8 heteroatoms. The molecule has 2 atom stereocenters. The van der Waals surface area contributed by atoms with Crippen molar-refractivity contribution in [2.75, 3.05) is 26.9 Å². The summed E-state index contributed by atoms with van der Waals surface area (Å²) in [6.45, 7) is 2.00. The van der Waals surface area contributed by atoms with Gasteiger partial charge in [0.1, 0.15) is 12.9 Å². The molecule has 0 aliphatic carbocycles. The summed E-state index contributed by atoms with van der Waals surface area (Å²) in [6, 6.07) is 1.04. The molecule has 0 bridgehead atoms. The third-order valence-corrected chi connectivity index (χ3v) is 4.80. The van der Waals surface area contributed by atoms with Gasteiger partial charge in [0, 0.05) is 24.8 Å². The third kappa shape index (κ3) is 3.28. The summed E-state index contributed by atoms with van der Waals surface area (Å²) in [5.41, 5.74) is -0.908. The van der Waals surface area contributed by atoms with Crippen LogP contribution in [0.2, 0.25) is 0 Å². The van der Waals surface area contributed by atoms with Crippen molar-refractivity contribution in [1.82, 2.24) is 14.9 Å². The smallest absolute Gasteiger partial charge is 0.433 e.